The van der Waals surface area contributed by atoms with Crippen molar-refractivity contribution in [3.8, 4) is 5.75 Å². The summed E-state index contributed by atoms with van der Waals surface area (Å²) in [5.74, 6) is 0.335. The van der Waals surface area contributed by atoms with Crippen molar-refractivity contribution in [1.29, 1.82) is 0 Å². The SMILES string of the molecule is CCN1CCC[C@H]1CN(Cc1cccc(O)c1)Cc1ccccn1. The minimum Gasteiger partial charge on any atom is -0.508 e. The van der Waals surface area contributed by atoms with E-state index in [2.05, 4.69) is 33.8 Å². The second-order valence-corrected chi connectivity index (χ2v) is 6.59. The lowest BCUT2D eigenvalue weighted by Gasteiger charge is -2.30. The van der Waals surface area contributed by atoms with Crippen LogP contribution in [0.4, 0.5) is 0 Å². The minimum atomic E-state index is 0.335. The number of likely N-dealkylation sites (N-methyl/N-ethyl adjacent to an activating group) is 1. The number of hydrogen-bond donors (Lipinski definition) is 1. The van der Waals surface area contributed by atoms with Gasteiger partial charge in [-0.05, 0) is 55.8 Å². The second-order valence-electron chi connectivity index (χ2n) is 6.59. The molecule has 1 fully saturated rings. The second kappa shape index (κ2) is 8.27. The zero-order chi connectivity index (χ0) is 16.8. The average molecular weight is 325 g/mol. The fourth-order valence-electron chi connectivity index (χ4n) is 3.64. The first kappa shape index (κ1) is 16.9. The molecular formula is C20H27N3O. The van der Waals surface area contributed by atoms with Gasteiger partial charge in [-0.25, -0.2) is 0 Å². The number of hydrogen-bond acceptors (Lipinski definition) is 4. The van der Waals surface area contributed by atoms with E-state index in [9.17, 15) is 5.11 Å². The first-order valence-electron chi connectivity index (χ1n) is 8.89. The lowest BCUT2D eigenvalue weighted by atomic mass is 10.1. The van der Waals surface area contributed by atoms with Crippen molar-refractivity contribution < 1.29 is 5.11 Å². The van der Waals surface area contributed by atoms with Crippen LogP contribution in [-0.4, -0.2) is 45.6 Å². The van der Waals surface area contributed by atoms with Crippen molar-refractivity contribution in [3.05, 3.63) is 59.9 Å². The van der Waals surface area contributed by atoms with Gasteiger partial charge < -0.3 is 5.11 Å². The molecule has 4 nitrogen and oxygen atoms in total. The summed E-state index contributed by atoms with van der Waals surface area (Å²) < 4.78 is 0. The van der Waals surface area contributed by atoms with Gasteiger partial charge in [0.25, 0.3) is 0 Å². The fourth-order valence-corrected chi connectivity index (χ4v) is 3.64. The summed E-state index contributed by atoms with van der Waals surface area (Å²) in [5, 5.41) is 9.74. The molecule has 0 radical (unpaired) electrons. The Labute approximate surface area is 144 Å². The highest BCUT2D eigenvalue weighted by Crippen LogP contribution is 2.20. The number of aromatic hydroxyl groups is 1. The third kappa shape index (κ3) is 4.56. The number of likely N-dealkylation sites (tertiary alicyclic amines) is 1. The van der Waals surface area contributed by atoms with Crippen molar-refractivity contribution in [1.82, 2.24) is 14.8 Å². The topological polar surface area (TPSA) is 39.6 Å². The van der Waals surface area contributed by atoms with E-state index < -0.39 is 0 Å². The van der Waals surface area contributed by atoms with Gasteiger partial charge in [-0.15, -0.1) is 0 Å². The maximum absolute atomic E-state index is 9.74. The summed E-state index contributed by atoms with van der Waals surface area (Å²) in [4.78, 5) is 9.52. The molecular weight excluding hydrogens is 298 g/mol. The largest absolute Gasteiger partial charge is 0.508 e. The Morgan fingerprint density at radius 1 is 1.21 bits per heavy atom. The van der Waals surface area contributed by atoms with Crippen LogP contribution >= 0.6 is 0 Å². The molecule has 3 rings (SSSR count). The van der Waals surface area contributed by atoms with Gasteiger partial charge in [0, 0.05) is 31.9 Å². The van der Waals surface area contributed by atoms with Crippen LogP contribution in [0.2, 0.25) is 0 Å². The van der Waals surface area contributed by atoms with E-state index in [1.165, 1.54) is 19.4 Å². The summed E-state index contributed by atoms with van der Waals surface area (Å²) in [5.41, 5.74) is 2.24. The van der Waals surface area contributed by atoms with Crippen molar-refractivity contribution in [3.63, 3.8) is 0 Å². The molecule has 1 aromatic carbocycles. The monoisotopic (exact) mass is 325 g/mol. The molecule has 0 bridgehead atoms. The zero-order valence-electron chi connectivity index (χ0n) is 14.4. The van der Waals surface area contributed by atoms with E-state index in [1.807, 2.05) is 30.5 Å². The van der Waals surface area contributed by atoms with Crippen LogP contribution in [0.3, 0.4) is 0 Å². The van der Waals surface area contributed by atoms with E-state index >= 15 is 0 Å². The van der Waals surface area contributed by atoms with Crippen LogP contribution in [0.1, 0.15) is 31.0 Å². The highest BCUT2D eigenvalue weighted by atomic mass is 16.3. The number of rotatable bonds is 7. The third-order valence-corrected chi connectivity index (χ3v) is 4.80. The summed E-state index contributed by atoms with van der Waals surface area (Å²) >= 11 is 0. The van der Waals surface area contributed by atoms with Crippen molar-refractivity contribution in [2.24, 2.45) is 0 Å². The molecule has 2 heterocycles. The summed E-state index contributed by atoms with van der Waals surface area (Å²) in [6.45, 7) is 7.29. The number of benzene rings is 1. The molecule has 24 heavy (non-hydrogen) atoms. The normalized spacial score (nSPS) is 18.3. The Morgan fingerprint density at radius 2 is 2.12 bits per heavy atom. The number of phenols is 1. The molecule has 0 unspecified atom stereocenters. The molecule has 0 saturated carbocycles. The summed E-state index contributed by atoms with van der Waals surface area (Å²) in [6.07, 6.45) is 4.42. The minimum absolute atomic E-state index is 0.335. The fraction of sp³-hybridized carbons (Fsp3) is 0.450. The molecule has 1 aliphatic heterocycles. The molecule has 4 heteroatoms. The average Bonchev–Trinajstić information content (AvgIpc) is 3.03. The van der Waals surface area contributed by atoms with Crippen molar-refractivity contribution in [2.45, 2.75) is 38.9 Å². The van der Waals surface area contributed by atoms with Gasteiger partial charge in [-0.3, -0.25) is 14.8 Å². The lowest BCUT2D eigenvalue weighted by molar-refractivity contribution is 0.164. The Morgan fingerprint density at radius 3 is 2.88 bits per heavy atom. The summed E-state index contributed by atoms with van der Waals surface area (Å²) in [7, 11) is 0. The molecule has 2 aromatic rings. The van der Waals surface area contributed by atoms with Gasteiger partial charge in [0.15, 0.2) is 0 Å². The highest BCUT2D eigenvalue weighted by molar-refractivity contribution is 5.27. The van der Waals surface area contributed by atoms with Gasteiger partial charge >= 0.3 is 0 Å². The Balaban J connectivity index is 1.72. The molecule has 1 saturated heterocycles. The predicted octanol–water partition coefficient (Wildman–Crippen LogP) is 3.27. The van der Waals surface area contributed by atoms with E-state index in [-0.39, 0.29) is 0 Å². The molecule has 128 valence electrons. The smallest absolute Gasteiger partial charge is 0.115 e. The molecule has 1 atom stereocenters. The predicted molar refractivity (Wildman–Crippen MR) is 96.7 cm³/mol. The van der Waals surface area contributed by atoms with Crippen LogP contribution in [0.5, 0.6) is 5.75 Å². The van der Waals surface area contributed by atoms with Crippen molar-refractivity contribution in [2.75, 3.05) is 19.6 Å². The molecule has 1 N–H and O–H groups in total. The third-order valence-electron chi connectivity index (χ3n) is 4.80. The van der Waals surface area contributed by atoms with Crippen LogP contribution in [0, 0.1) is 0 Å². The van der Waals surface area contributed by atoms with Gasteiger partial charge in [-0.1, -0.05) is 25.1 Å². The highest BCUT2D eigenvalue weighted by Gasteiger charge is 2.25. The van der Waals surface area contributed by atoms with Crippen LogP contribution in [-0.2, 0) is 13.1 Å². The van der Waals surface area contributed by atoms with E-state index in [0.717, 1.165) is 37.4 Å². The van der Waals surface area contributed by atoms with Gasteiger partial charge in [0.1, 0.15) is 5.75 Å². The molecule has 0 aliphatic carbocycles. The molecule has 0 spiro atoms. The van der Waals surface area contributed by atoms with E-state index in [1.54, 1.807) is 6.07 Å². The quantitative estimate of drug-likeness (QED) is 0.848. The molecule has 0 amide bonds. The van der Waals surface area contributed by atoms with Gasteiger partial charge in [0.05, 0.1) is 5.69 Å². The first-order chi connectivity index (χ1) is 11.7. The van der Waals surface area contributed by atoms with E-state index in [0.29, 0.717) is 11.8 Å². The Hall–Kier alpha value is -1.91. The van der Waals surface area contributed by atoms with Crippen LogP contribution in [0.25, 0.3) is 0 Å². The zero-order valence-corrected chi connectivity index (χ0v) is 14.4. The Kier molecular flexibility index (Phi) is 5.83. The van der Waals surface area contributed by atoms with Gasteiger partial charge in [0.2, 0.25) is 0 Å². The van der Waals surface area contributed by atoms with Crippen LogP contribution in [0.15, 0.2) is 48.7 Å². The number of phenolic OH excluding ortho intramolecular Hbond substituents is 1. The van der Waals surface area contributed by atoms with E-state index in [4.69, 9.17) is 0 Å². The summed E-state index contributed by atoms with van der Waals surface area (Å²) in [6, 6.07) is 14.3. The maximum Gasteiger partial charge on any atom is 0.115 e. The molecule has 1 aromatic heterocycles. The number of pyridine rings is 1. The number of aromatic nitrogens is 1. The molecule has 1 aliphatic rings. The Bertz CT molecular complexity index is 632. The first-order valence-corrected chi connectivity index (χ1v) is 8.89. The van der Waals surface area contributed by atoms with Crippen molar-refractivity contribution >= 4 is 0 Å². The lowest BCUT2D eigenvalue weighted by Crippen LogP contribution is -2.39. The maximum atomic E-state index is 9.74. The standard InChI is InChI=1S/C20H27N3O/c1-2-23-12-6-9-19(23)16-22(15-18-8-3-4-11-21-18)14-17-7-5-10-20(24)13-17/h3-5,7-8,10-11,13,19,24H,2,6,9,12,14-16H2,1H3/t19-/m0/s1. The number of nitrogens with zero attached hydrogens (tertiary/aromatic N) is 3. The van der Waals surface area contributed by atoms with Gasteiger partial charge in [-0.2, -0.15) is 0 Å². The van der Waals surface area contributed by atoms with Crippen LogP contribution < -0.4 is 0 Å².